The van der Waals surface area contributed by atoms with Gasteiger partial charge in [0.05, 0.1) is 6.42 Å². The average Bonchev–Trinajstić information content (AvgIpc) is 3.09. The van der Waals surface area contributed by atoms with Crippen LogP contribution in [-0.2, 0) is 14.3 Å². The summed E-state index contributed by atoms with van der Waals surface area (Å²) in [6.07, 6.45) is 0.121. The standard InChI is InChI=1S/C25H30N2O5/c1-3-17(13-24(29)30)27-23(28)12-16(2)14-26-25(31)32-15-22-20-10-6-4-8-18(20)19-9-5-7-11-21(19)22/h4-11,16-17,22H,3,12-15H2,1-2H3,(H,26,31)(H,27,28)(H,29,30)/t16?,17-/m1/s1. The first-order chi connectivity index (χ1) is 15.4. The third kappa shape index (κ3) is 5.87. The number of carboxylic acid groups (broad SMARTS) is 1. The molecule has 2 aromatic rings. The molecule has 0 aromatic heterocycles. The van der Waals surface area contributed by atoms with Crippen molar-refractivity contribution in [1.82, 2.24) is 10.6 Å². The van der Waals surface area contributed by atoms with E-state index in [-0.39, 0.29) is 43.2 Å². The quantitative estimate of drug-likeness (QED) is 0.521. The Balaban J connectivity index is 1.46. The Labute approximate surface area is 188 Å². The van der Waals surface area contributed by atoms with E-state index in [1.807, 2.05) is 38.1 Å². The molecule has 0 radical (unpaired) electrons. The van der Waals surface area contributed by atoms with Gasteiger partial charge in [0, 0.05) is 24.9 Å². The van der Waals surface area contributed by atoms with Crippen LogP contribution in [0.2, 0.25) is 0 Å². The SMILES string of the molecule is CC[C@H](CC(=O)O)NC(=O)CC(C)CNC(=O)OCC1c2ccccc2-c2ccccc21. The number of carbonyl (C=O) groups excluding carboxylic acids is 2. The number of carbonyl (C=O) groups is 3. The lowest BCUT2D eigenvalue weighted by Gasteiger charge is -2.18. The minimum Gasteiger partial charge on any atom is -0.481 e. The van der Waals surface area contributed by atoms with Crippen LogP contribution in [0.15, 0.2) is 48.5 Å². The molecule has 0 heterocycles. The predicted octanol–water partition coefficient (Wildman–Crippen LogP) is 3.92. The highest BCUT2D eigenvalue weighted by Gasteiger charge is 2.29. The number of fused-ring (bicyclic) bond motifs is 3. The number of nitrogens with one attached hydrogen (secondary N) is 2. The maximum atomic E-state index is 12.3. The summed E-state index contributed by atoms with van der Waals surface area (Å²) in [4.78, 5) is 35.2. The lowest BCUT2D eigenvalue weighted by atomic mass is 9.98. The number of aliphatic carboxylic acids is 1. The third-order valence-electron chi connectivity index (χ3n) is 5.75. The van der Waals surface area contributed by atoms with Gasteiger partial charge in [-0.25, -0.2) is 4.79 Å². The van der Waals surface area contributed by atoms with Gasteiger partial charge in [0.1, 0.15) is 6.61 Å². The van der Waals surface area contributed by atoms with Gasteiger partial charge in [-0.3, -0.25) is 9.59 Å². The topological polar surface area (TPSA) is 105 Å². The summed E-state index contributed by atoms with van der Waals surface area (Å²) >= 11 is 0. The Bertz CT molecular complexity index is 929. The van der Waals surface area contributed by atoms with Crippen LogP contribution >= 0.6 is 0 Å². The van der Waals surface area contributed by atoms with Crippen LogP contribution in [0.3, 0.4) is 0 Å². The maximum absolute atomic E-state index is 12.3. The summed E-state index contributed by atoms with van der Waals surface area (Å²) in [5, 5.41) is 14.3. The third-order valence-corrected chi connectivity index (χ3v) is 5.75. The van der Waals surface area contributed by atoms with Crippen LogP contribution in [0.1, 0.15) is 50.2 Å². The molecule has 3 N–H and O–H groups in total. The molecule has 0 bridgehead atoms. The normalized spacial score (nSPS) is 14.1. The minimum atomic E-state index is -0.942. The second-order valence-electron chi connectivity index (χ2n) is 8.29. The number of rotatable bonds is 10. The van der Waals surface area contributed by atoms with Crippen molar-refractivity contribution in [1.29, 1.82) is 0 Å². The molecule has 2 aromatic carbocycles. The molecule has 3 rings (SSSR count). The van der Waals surface area contributed by atoms with Gasteiger partial charge < -0.3 is 20.5 Å². The number of amides is 2. The fraction of sp³-hybridized carbons (Fsp3) is 0.400. The van der Waals surface area contributed by atoms with Crippen LogP contribution in [0.5, 0.6) is 0 Å². The largest absolute Gasteiger partial charge is 0.481 e. The highest BCUT2D eigenvalue weighted by molar-refractivity contribution is 5.79. The predicted molar refractivity (Wildman–Crippen MR) is 121 cm³/mol. The van der Waals surface area contributed by atoms with Gasteiger partial charge in [-0.1, -0.05) is 62.4 Å². The molecule has 32 heavy (non-hydrogen) atoms. The van der Waals surface area contributed by atoms with Gasteiger partial charge in [0.2, 0.25) is 5.91 Å². The first-order valence-corrected chi connectivity index (χ1v) is 11.0. The highest BCUT2D eigenvalue weighted by atomic mass is 16.5. The molecule has 1 unspecified atom stereocenters. The Morgan fingerprint density at radius 2 is 1.59 bits per heavy atom. The molecule has 0 fully saturated rings. The number of ether oxygens (including phenoxy) is 1. The summed E-state index contributed by atoms with van der Waals surface area (Å²) in [6.45, 7) is 4.21. The van der Waals surface area contributed by atoms with Crippen LogP contribution in [0.25, 0.3) is 11.1 Å². The second kappa shape index (κ2) is 10.8. The smallest absolute Gasteiger partial charge is 0.407 e. The van der Waals surface area contributed by atoms with Crippen molar-refractivity contribution in [3.8, 4) is 11.1 Å². The number of carboxylic acids is 1. The molecule has 1 aliphatic rings. The van der Waals surface area contributed by atoms with Crippen molar-refractivity contribution in [2.45, 2.75) is 45.1 Å². The van der Waals surface area contributed by atoms with Crippen molar-refractivity contribution < 1.29 is 24.2 Å². The zero-order chi connectivity index (χ0) is 23.1. The van der Waals surface area contributed by atoms with Crippen molar-refractivity contribution in [2.75, 3.05) is 13.2 Å². The molecule has 7 nitrogen and oxygen atoms in total. The average molecular weight is 439 g/mol. The monoisotopic (exact) mass is 438 g/mol. The molecule has 1 aliphatic carbocycles. The van der Waals surface area contributed by atoms with Crippen molar-refractivity contribution in [3.63, 3.8) is 0 Å². The molecule has 2 atom stereocenters. The molecular weight excluding hydrogens is 408 g/mol. The van der Waals surface area contributed by atoms with Crippen LogP contribution in [-0.4, -0.2) is 42.3 Å². The molecule has 0 aliphatic heterocycles. The maximum Gasteiger partial charge on any atom is 0.407 e. The van der Waals surface area contributed by atoms with E-state index in [0.29, 0.717) is 13.0 Å². The summed E-state index contributed by atoms with van der Waals surface area (Å²) in [7, 11) is 0. The number of alkyl carbamates (subject to hydrolysis) is 1. The van der Waals surface area contributed by atoms with E-state index in [1.165, 1.54) is 11.1 Å². The highest BCUT2D eigenvalue weighted by Crippen LogP contribution is 2.44. The zero-order valence-electron chi connectivity index (χ0n) is 18.5. The van der Waals surface area contributed by atoms with Crippen molar-refractivity contribution in [2.24, 2.45) is 5.92 Å². The molecular formula is C25H30N2O5. The van der Waals surface area contributed by atoms with Gasteiger partial charge in [0.25, 0.3) is 0 Å². The van der Waals surface area contributed by atoms with Gasteiger partial charge in [0.15, 0.2) is 0 Å². The number of hydrogen-bond donors (Lipinski definition) is 3. The Morgan fingerprint density at radius 3 is 2.16 bits per heavy atom. The zero-order valence-corrected chi connectivity index (χ0v) is 18.5. The lowest BCUT2D eigenvalue weighted by Crippen LogP contribution is -2.38. The first kappa shape index (κ1) is 23.3. The summed E-state index contributed by atoms with van der Waals surface area (Å²) < 4.78 is 5.50. The van der Waals surface area contributed by atoms with E-state index in [4.69, 9.17) is 9.84 Å². The van der Waals surface area contributed by atoms with Crippen LogP contribution in [0.4, 0.5) is 4.79 Å². The van der Waals surface area contributed by atoms with Crippen molar-refractivity contribution >= 4 is 18.0 Å². The number of hydrogen-bond acceptors (Lipinski definition) is 4. The van der Waals surface area contributed by atoms with Gasteiger partial charge in [-0.15, -0.1) is 0 Å². The van der Waals surface area contributed by atoms with E-state index in [1.54, 1.807) is 0 Å². The van der Waals surface area contributed by atoms with Gasteiger partial charge in [-0.2, -0.15) is 0 Å². The lowest BCUT2D eigenvalue weighted by molar-refractivity contribution is -0.137. The van der Waals surface area contributed by atoms with E-state index in [9.17, 15) is 14.4 Å². The van der Waals surface area contributed by atoms with Gasteiger partial charge in [-0.05, 0) is 34.6 Å². The summed E-state index contributed by atoms with van der Waals surface area (Å²) in [5.74, 6) is -1.28. The van der Waals surface area contributed by atoms with E-state index >= 15 is 0 Å². The van der Waals surface area contributed by atoms with Crippen LogP contribution in [0, 0.1) is 5.92 Å². The van der Waals surface area contributed by atoms with E-state index in [0.717, 1.165) is 11.1 Å². The first-order valence-electron chi connectivity index (χ1n) is 11.0. The Hall–Kier alpha value is -3.35. The van der Waals surface area contributed by atoms with Gasteiger partial charge >= 0.3 is 12.1 Å². The molecule has 0 saturated carbocycles. The molecule has 0 saturated heterocycles. The minimum absolute atomic E-state index is 0.00318. The molecule has 2 amide bonds. The Morgan fingerprint density at radius 1 is 1.00 bits per heavy atom. The summed E-state index contributed by atoms with van der Waals surface area (Å²) in [6, 6.07) is 15.9. The second-order valence-corrected chi connectivity index (χ2v) is 8.29. The van der Waals surface area contributed by atoms with E-state index < -0.39 is 12.1 Å². The summed E-state index contributed by atoms with van der Waals surface area (Å²) in [5.41, 5.74) is 4.65. The van der Waals surface area contributed by atoms with Crippen molar-refractivity contribution in [3.05, 3.63) is 59.7 Å². The Kier molecular flexibility index (Phi) is 7.87. The van der Waals surface area contributed by atoms with Crippen LogP contribution < -0.4 is 10.6 Å². The number of benzene rings is 2. The van der Waals surface area contributed by atoms with E-state index in [2.05, 4.69) is 34.9 Å². The fourth-order valence-corrected chi connectivity index (χ4v) is 4.09. The fourth-order valence-electron chi connectivity index (χ4n) is 4.09. The molecule has 0 spiro atoms. The molecule has 7 heteroatoms. The molecule has 170 valence electrons.